The van der Waals surface area contributed by atoms with E-state index in [4.69, 9.17) is 4.42 Å². The van der Waals surface area contributed by atoms with Crippen LogP contribution >= 0.6 is 0 Å². The summed E-state index contributed by atoms with van der Waals surface area (Å²) in [5.74, 6) is 0.565. The first kappa shape index (κ1) is 34.4. The van der Waals surface area contributed by atoms with Crippen LogP contribution in [0.15, 0.2) is 199 Å². The van der Waals surface area contributed by atoms with Crippen LogP contribution in [-0.4, -0.2) is 0 Å². The molecule has 0 bridgehead atoms. The molecular weight excluding hydrogens is 703 g/mol. The first-order valence-electron chi connectivity index (χ1n) is 20.8. The van der Waals surface area contributed by atoms with Crippen molar-refractivity contribution in [1.82, 2.24) is 0 Å². The van der Waals surface area contributed by atoms with E-state index in [2.05, 4.69) is 199 Å². The summed E-state index contributed by atoms with van der Waals surface area (Å²) in [6, 6.07) is 71.1. The SMILES string of the molecule is c1ccc(-c2ccc(-c3cccc4ccccc34)cc2N(c2ccccc2-c2cccc3cccc(C4CCCCC4)c23)c2cccc3oc4ccccc4c23)cc1. The number of hydrogen-bond donors (Lipinski definition) is 0. The fourth-order valence-electron chi connectivity index (χ4n) is 9.80. The minimum absolute atomic E-state index is 0.565. The summed E-state index contributed by atoms with van der Waals surface area (Å²) < 4.78 is 6.60. The Morgan fingerprint density at radius 2 is 1.02 bits per heavy atom. The van der Waals surface area contributed by atoms with Crippen LogP contribution in [0, 0.1) is 0 Å². The van der Waals surface area contributed by atoms with E-state index in [0.29, 0.717) is 5.92 Å². The molecule has 9 aromatic carbocycles. The van der Waals surface area contributed by atoms with Crippen LogP contribution in [0.2, 0.25) is 0 Å². The topological polar surface area (TPSA) is 16.4 Å². The third kappa shape index (κ3) is 5.87. The number of anilines is 3. The summed E-state index contributed by atoms with van der Waals surface area (Å²) >= 11 is 0. The van der Waals surface area contributed by atoms with Gasteiger partial charge >= 0.3 is 0 Å². The van der Waals surface area contributed by atoms with Gasteiger partial charge in [-0.15, -0.1) is 0 Å². The molecule has 1 heterocycles. The molecule has 2 heteroatoms. The molecule has 0 aliphatic heterocycles. The molecule has 1 aliphatic rings. The lowest BCUT2D eigenvalue weighted by Crippen LogP contribution is -2.13. The van der Waals surface area contributed by atoms with Crippen LogP contribution in [0.3, 0.4) is 0 Å². The van der Waals surface area contributed by atoms with Gasteiger partial charge in [0.1, 0.15) is 11.2 Å². The average molecular weight is 746 g/mol. The van der Waals surface area contributed by atoms with E-state index in [1.165, 1.54) is 87.0 Å². The molecular formula is C56H43NO. The fraction of sp³-hybridized carbons (Fsp3) is 0.107. The molecule has 0 spiro atoms. The van der Waals surface area contributed by atoms with Crippen molar-refractivity contribution in [3.63, 3.8) is 0 Å². The largest absolute Gasteiger partial charge is 0.456 e. The van der Waals surface area contributed by atoms with Gasteiger partial charge in [-0.05, 0) is 98.5 Å². The van der Waals surface area contributed by atoms with Crippen molar-refractivity contribution in [3.8, 4) is 33.4 Å². The van der Waals surface area contributed by atoms with Crippen molar-refractivity contribution in [3.05, 3.63) is 200 Å². The molecule has 58 heavy (non-hydrogen) atoms. The minimum atomic E-state index is 0.565. The molecule has 0 amide bonds. The van der Waals surface area contributed by atoms with Gasteiger partial charge in [0.15, 0.2) is 0 Å². The van der Waals surface area contributed by atoms with Gasteiger partial charge in [0, 0.05) is 16.5 Å². The van der Waals surface area contributed by atoms with Crippen molar-refractivity contribution in [2.24, 2.45) is 0 Å². The first-order valence-corrected chi connectivity index (χ1v) is 20.8. The monoisotopic (exact) mass is 745 g/mol. The van der Waals surface area contributed by atoms with E-state index < -0.39 is 0 Å². The number of benzene rings is 9. The zero-order valence-corrected chi connectivity index (χ0v) is 32.4. The third-order valence-electron chi connectivity index (χ3n) is 12.5. The highest BCUT2D eigenvalue weighted by molar-refractivity contribution is 6.15. The van der Waals surface area contributed by atoms with Crippen LogP contribution in [-0.2, 0) is 0 Å². The minimum Gasteiger partial charge on any atom is -0.456 e. The van der Waals surface area contributed by atoms with Gasteiger partial charge in [0.05, 0.1) is 22.4 Å². The predicted molar refractivity (Wildman–Crippen MR) is 246 cm³/mol. The van der Waals surface area contributed by atoms with E-state index >= 15 is 0 Å². The smallest absolute Gasteiger partial charge is 0.137 e. The van der Waals surface area contributed by atoms with Crippen molar-refractivity contribution in [1.29, 1.82) is 0 Å². The van der Waals surface area contributed by atoms with E-state index in [1.54, 1.807) is 0 Å². The summed E-state index contributed by atoms with van der Waals surface area (Å²) in [5.41, 5.74) is 13.7. The Morgan fingerprint density at radius 1 is 0.379 bits per heavy atom. The number of fused-ring (bicyclic) bond motifs is 5. The van der Waals surface area contributed by atoms with E-state index in [1.807, 2.05) is 0 Å². The molecule has 1 aromatic heterocycles. The van der Waals surface area contributed by atoms with Crippen LogP contribution in [0.1, 0.15) is 43.6 Å². The standard InChI is InChI=1S/C56H43NO/c1-3-17-39(18-4-1)45-36-35-42(44-28-13-22-38-21-7-8-25-43(38)44)37-52(45)57(51-32-16-34-54-56(51)49-27-10-12-33-53(49)58-54)50-31-11-9-26-47(50)48-30-15-24-41-23-14-29-46(55(41)48)40-19-5-2-6-20-40/h1,3-4,7-18,21-37,40H,2,5-6,19-20H2. The van der Waals surface area contributed by atoms with Crippen LogP contribution in [0.5, 0.6) is 0 Å². The summed E-state index contributed by atoms with van der Waals surface area (Å²) in [6.45, 7) is 0. The Hall–Kier alpha value is -6.90. The van der Waals surface area contributed by atoms with Gasteiger partial charge < -0.3 is 9.32 Å². The molecule has 10 aromatic rings. The first-order chi connectivity index (χ1) is 28.8. The summed E-state index contributed by atoms with van der Waals surface area (Å²) in [4.78, 5) is 2.53. The van der Waals surface area contributed by atoms with Crippen molar-refractivity contribution in [2.75, 3.05) is 4.90 Å². The normalized spacial score (nSPS) is 13.4. The highest BCUT2D eigenvalue weighted by atomic mass is 16.3. The molecule has 0 atom stereocenters. The number of furan rings is 1. The second-order valence-electron chi connectivity index (χ2n) is 15.8. The summed E-state index contributed by atoms with van der Waals surface area (Å²) in [7, 11) is 0. The van der Waals surface area contributed by atoms with E-state index in [0.717, 1.165) is 44.6 Å². The van der Waals surface area contributed by atoms with Gasteiger partial charge in [0.2, 0.25) is 0 Å². The lowest BCUT2D eigenvalue weighted by atomic mass is 9.80. The maximum Gasteiger partial charge on any atom is 0.137 e. The highest BCUT2D eigenvalue weighted by Crippen LogP contribution is 2.51. The van der Waals surface area contributed by atoms with Gasteiger partial charge in [-0.2, -0.15) is 0 Å². The lowest BCUT2D eigenvalue weighted by molar-refractivity contribution is 0.445. The second kappa shape index (κ2) is 14.6. The molecule has 1 saturated carbocycles. The van der Waals surface area contributed by atoms with Crippen molar-refractivity contribution in [2.45, 2.75) is 38.0 Å². The average Bonchev–Trinajstić information content (AvgIpc) is 3.69. The number of para-hydroxylation sites is 2. The number of hydrogen-bond acceptors (Lipinski definition) is 2. The van der Waals surface area contributed by atoms with Gasteiger partial charge in [-0.25, -0.2) is 0 Å². The third-order valence-corrected chi connectivity index (χ3v) is 12.5. The Kier molecular flexibility index (Phi) is 8.62. The van der Waals surface area contributed by atoms with Gasteiger partial charge in [-0.1, -0.05) is 183 Å². The van der Waals surface area contributed by atoms with Crippen molar-refractivity contribution >= 4 is 60.5 Å². The molecule has 1 aliphatic carbocycles. The summed E-state index contributed by atoms with van der Waals surface area (Å²) in [5, 5.41) is 7.35. The molecule has 11 rings (SSSR count). The van der Waals surface area contributed by atoms with Gasteiger partial charge in [-0.3, -0.25) is 0 Å². The zero-order chi connectivity index (χ0) is 38.4. The molecule has 1 fully saturated rings. The van der Waals surface area contributed by atoms with Crippen molar-refractivity contribution < 1.29 is 4.42 Å². The molecule has 0 radical (unpaired) electrons. The lowest BCUT2D eigenvalue weighted by Gasteiger charge is -2.31. The quantitative estimate of drug-likeness (QED) is 0.162. The fourth-order valence-corrected chi connectivity index (χ4v) is 9.80. The Bertz CT molecular complexity index is 3100. The molecule has 0 saturated heterocycles. The Labute approximate surface area is 339 Å². The summed E-state index contributed by atoms with van der Waals surface area (Å²) in [6.07, 6.45) is 6.43. The maximum absolute atomic E-state index is 6.60. The van der Waals surface area contributed by atoms with Crippen LogP contribution in [0.4, 0.5) is 17.1 Å². The Balaban J connectivity index is 1.24. The molecule has 0 unspecified atom stereocenters. The van der Waals surface area contributed by atoms with Crippen LogP contribution < -0.4 is 4.90 Å². The van der Waals surface area contributed by atoms with Crippen LogP contribution in [0.25, 0.3) is 76.9 Å². The number of rotatable bonds is 7. The second-order valence-corrected chi connectivity index (χ2v) is 15.8. The highest BCUT2D eigenvalue weighted by Gasteiger charge is 2.27. The Morgan fingerprint density at radius 3 is 1.90 bits per heavy atom. The van der Waals surface area contributed by atoms with Gasteiger partial charge in [0.25, 0.3) is 0 Å². The zero-order valence-electron chi connectivity index (χ0n) is 32.4. The van der Waals surface area contributed by atoms with E-state index in [9.17, 15) is 0 Å². The maximum atomic E-state index is 6.60. The molecule has 278 valence electrons. The predicted octanol–water partition coefficient (Wildman–Crippen LogP) is 16.4. The number of nitrogens with zero attached hydrogens (tertiary/aromatic N) is 1. The molecule has 2 nitrogen and oxygen atoms in total. The molecule has 0 N–H and O–H groups in total. The van der Waals surface area contributed by atoms with E-state index in [-0.39, 0.29) is 0 Å².